The largest absolute Gasteiger partial charge is 0.327 e. The van der Waals surface area contributed by atoms with E-state index in [9.17, 15) is 0 Å². The number of hydrogen-bond donors (Lipinski definition) is 1. The second kappa shape index (κ2) is 4.45. The van der Waals surface area contributed by atoms with Crippen molar-refractivity contribution in [2.75, 3.05) is 0 Å². The zero-order valence-corrected chi connectivity index (χ0v) is 10.6. The molecule has 0 heterocycles. The lowest BCUT2D eigenvalue weighted by Crippen LogP contribution is -2.48. The van der Waals surface area contributed by atoms with Gasteiger partial charge in [0.05, 0.1) is 0 Å². The number of hydrogen-bond acceptors (Lipinski definition) is 1. The van der Waals surface area contributed by atoms with Crippen molar-refractivity contribution in [2.45, 2.75) is 56.4 Å². The predicted octanol–water partition coefficient (Wildman–Crippen LogP) is 3.63. The van der Waals surface area contributed by atoms with Crippen molar-refractivity contribution in [1.82, 2.24) is 0 Å². The molecule has 0 amide bonds. The summed E-state index contributed by atoms with van der Waals surface area (Å²) in [5.41, 5.74) is 8.41. The van der Waals surface area contributed by atoms with Crippen molar-refractivity contribution < 1.29 is 0 Å². The van der Waals surface area contributed by atoms with E-state index in [1.54, 1.807) is 0 Å². The maximum Gasteiger partial charge on any atom is 0.0165 e. The van der Waals surface area contributed by atoms with Crippen LogP contribution in [-0.4, -0.2) is 6.04 Å². The van der Waals surface area contributed by atoms with Gasteiger partial charge in [0, 0.05) is 11.5 Å². The highest BCUT2D eigenvalue weighted by atomic mass is 14.7. The molecule has 0 unspecified atom stereocenters. The van der Waals surface area contributed by atoms with Gasteiger partial charge < -0.3 is 5.73 Å². The van der Waals surface area contributed by atoms with Crippen LogP contribution < -0.4 is 5.73 Å². The lowest BCUT2D eigenvalue weighted by atomic mass is 9.64. The summed E-state index contributed by atoms with van der Waals surface area (Å²) in [5, 5.41) is 0. The summed E-state index contributed by atoms with van der Waals surface area (Å²) in [6, 6.07) is 11.4. The third-order valence-electron chi connectivity index (χ3n) is 4.86. The third kappa shape index (κ3) is 2.01. The van der Waals surface area contributed by atoms with Gasteiger partial charge in [-0.05, 0) is 37.2 Å². The predicted molar refractivity (Wildman–Crippen MR) is 71.9 cm³/mol. The summed E-state index contributed by atoms with van der Waals surface area (Å²) in [6.07, 6.45) is 9.42. The van der Waals surface area contributed by atoms with Gasteiger partial charge >= 0.3 is 0 Å². The van der Waals surface area contributed by atoms with Crippen LogP contribution in [0.5, 0.6) is 0 Å². The third-order valence-corrected chi connectivity index (χ3v) is 4.86. The Bertz CT molecular complexity index is 360. The normalized spacial score (nSPS) is 25.5. The Labute approximate surface area is 104 Å². The average molecular weight is 229 g/mol. The first kappa shape index (κ1) is 11.3. The molecule has 1 aromatic rings. The molecule has 92 valence electrons. The topological polar surface area (TPSA) is 26.0 Å². The standard InChI is InChI=1S/C16H23N/c17-15(13-9-10-13)16(11-5-2-6-12-16)14-7-3-1-4-8-14/h1,3-4,7-8,13,15H,2,5-6,9-12,17H2/t15-/m0/s1. The molecule has 0 aliphatic heterocycles. The maximum atomic E-state index is 6.62. The van der Waals surface area contributed by atoms with Crippen molar-refractivity contribution in [3.8, 4) is 0 Å². The summed E-state index contributed by atoms with van der Waals surface area (Å²) in [4.78, 5) is 0. The Morgan fingerprint density at radius 3 is 2.24 bits per heavy atom. The molecule has 17 heavy (non-hydrogen) atoms. The molecule has 0 aromatic heterocycles. The maximum absolute atomic E-state index is 6.62. The van der Waals surface area contributed by atoms with E-state index in [-0.39, 0.29) is 0 Å². The first-order chi connectivity index (χ1) is 8.33. The number of nitrogens with two attached hydrogens (primary N) is 1. The van der Waals surface area contributed by atoms with E-state index in [1.807, 2.05) is 0 Å². The smallest absolute Gasteiger partial charge is 0.0165 e. The molecule has 0 spiro atoms. The minimum Gasteiger partial charge on any atom is -0.327 e. The van der Waals surface area contributed by atoms with Gasteiger partial charge in [-0.2, -0.15) is 0 Å². The molecule has 2 fully saturated rings. The van der Waals surface area contributed by atoms with E-state index < -0.39 is 0 Å². The van der Waals surface area contributed by atoms with Gasteiger partial charge in [-0.15, -0.1) is 0 Å². The molecule has 2 N–H and O–H groups in total. The molecule has 1 nitrogen and oxygen atoms in total. The molecule has 0 radical (unpaired) electrons. The second-order valence-electron chi connectivity index (χ2n) is 5.95. The Morgan fingerprint density at radius 2 is 1.65 bits per heavy atom. The van der Waals surface area contributed by atoms with E-state index in [2.05, 4.69) is 30.3 Å². The van der Waals surface area contributed by atoms with E-state index in [4.69, 9.17) is 5.73 Å². The van der Waals surface area contributed by atoms with Gasteiger partial charge in [-0.1, -0.05) is 49.6 Å². The number of rotatable bonds is 3. The summed E-state index contributed by atoms with van der Waals surface area (Å²) >= 11 is 0. The Kier molecular flexibility index (Phi) is 2.96. The van der Waals surface area contributed by atoms with Gasteiger partial charge in [0.1, 0.15) is 0 Å². The molecule has 0 saturated heterocycles. The summed E-state index contributed by atoms with van der Waals surface area (Å²) < 4.78 is 0. The fourth-order valence-corrected chi connectivity index (χ4v) is 3.67. The molecule has 0 bridgehead atoms. The van der Waals surface area contributed by atoms with Gasteiger partial charge in [0.15, 0.2) is 0 Å². The van der Waals surface area contributed by atoms with Crippen LogP contribution in [0.1, 0.15) is 50.5 Å². The van der Waals surface area contributed by atoms with Crippen LogP contribution >= 0.6 is 0 Å². The molecule has 2 aliphatic carbocycles. The van der Waals surface area contributed by atoms with Crippen LogP contribution in [0, 0.1) is 5.92 Å². The van der Waals surface area contributed by atoms with Crippen LogP contribution in [0.4, 0.5) is 0 Å². The van der Waals surface area contributed by atoms with Crippen molar-refractivity contribution in [3.63, 3.8) is 0 Å². The Balaban J connectivity index is 1.94. The number of benzene rings is 1. The summed E-state index contributed by atoms with van der Waals surface area (Å²) in [5.74, 6) is 0.799. The van der Waals surface area contributed by atoms with E-state index >= 15 is 0 Å². The SMILES string of the molecule is N[C@@H](C1CC1)C1(c2ccccc2)CCCCC1. The van der Waals surface area contributed by atoms with Crippen molar-refractivity contribution in [2.24, 2.45) is 11.7 Å². The van der Waals surface area contributed by atoms with E-state index in [0.29, 0.717) is 11.5 Å². The van der Waals surface area contributed by atoms with Gasteiger partial charge in [-0.25, -0.2) is 0 Å². The highest BCUT2D eigenvalue weighted by Crippen LogP contribution is 2.48. The zero-order chi connectivity index (χ0) is 11.7. The molecule has 1 aromatic carbocycles. The van der Waals surface area contributed by atoms with Crippen LogP contribution in [0.3, 0.4) is 0 Å². The molecular formula is C16H23N. The monoisotopic (exact) mass is 229 g/mol. The first-order valence-electron chi connectivity index (χ1n) is 7.14. The summed E-state index contributed by atoms with van der Waals surface area (Å²) in [6.45, 7) is 0. The summed E-state index contributed by atoms with van der Waals surface area (Å²) in [7, 11) is 0. The lowest BCUT2D eigenvalue weighted by molar-refractivity contribution is 0.226. The van der Waals surface area contributed by atoms with Gasteiger partial charge in [0.25, 0.3) is 0 Å². The molecule has 1 atom stereocenters. The highest BCUT2D eigenvalue weighted by Gasteiger charge is 2.45. The van der Waals surface area contributed by atoms with Crippen molar-refractivity contribution >= 4 is 0 Å². The molecule has 3 rings (SSSR count). The molecule has 2 aliphatic rings. The van der Waals surface area contributed by atoms with E-state index in [1.165, 1.54) is 50.5 Å². The highest BCUT2D eigenvalue weighted by molar-refractivity contribution is 5.29. The van der Waals surface area contributed by atoms with Crippen LogP contribution in [0.25, 0.3) is 0 Å². The van der Waals surface area contributed by atoms with E-state index in [0.717, 1.165) is 5.92 Å². The molecular weight excluding hydrogens is 206 g/mol. The minimum atomic E-state index is 0.292. The van der Waals surface area contributed by atoms with Crippen molar-refractivity contribution in [1.29, 1.82) is 0 Å². The molecule has 1 heteroatoms. The fraction of sp³-hybridized carbons (Fsp3) is 0.625. The fourth-order valence-electron chi connectivity index (χ4n) is 3.67. The zero-order valence-electron chi connectivity index (χ0n) is 10.6. The minimum absolute atomic E-state index is 0.292. The average Bonchev–Trinajstić information content (AvgIpc) is 3.24. The molecule has 2 saturated carbocycles. The Hall–Kier alpha value is -0.820. The van der Waals surface area contributed by atoms with Crippen LogP contribution in [0.2, 0.25) is 0 Å². The quantitative estimate of drug-likeness (QED) is 0.841. The van der Waals surface area contributed by atoms with Crippen LogP contribution in [0.15, 0.2) is 30.3 Å². The Morgan fingerprint density at radius 1 is 1.00 bits per heavy atom. The van der Waals surface area contributed by atoms with Crippen LogP contribution in [-0.2, 0) is 5.41 Å². The first-order valence-corrected chi connectivity index (χ1v) is 7.14. The lowest BCUT2D eigenvalue weighted by Gasteiger charge is -2.43. The van der Waals surface area contributed by atoms with Gasteiger partial charge in [0.2, 0.25) is 0 Å². The van der Waals surface area contributed by atoms with Gasteiger partial charge in [-0.3, -0.25) is 0 Å². The second-order valence-corrected chi connectivity index (χ2v) is 5.95. The van der Waals surface area contributed by atoms with Crippen molar-refractivity contribution in [3.05, 3.63) is 35.9 Å².